The van der Waals surface area contributed by atoms with Gasteiger partial charge in [0.25, 0.3) is 0 Å². The third-order valence-corrected chi connectivity index (χ3v) is 3.57. The fraction of sp³-hybridized carbons (Fsp3) is 0.923. The minimum Gasteiger partial charge on any atom is -0.389 e. The molecule has 5 heteroatoms. The molecule has 2 heterocycles. The van der Waals surface area contributed by atoms with Gasteiger partial charge in [-0.3, -0.25) is 9.69 Å². The molecule has 5 nitrogen and oxygen atoms in total. The van der Waals surface area contributed by atoms with Crippen LogP contribution in [-0.4, -0.2) is 72.4 Å². The van der Waals surface area contributed by atoms with Crippen LogP contribution in [0, 0.1) is 5.92 Å². The Morgan fingerprint density at radius 1 is 1.33 bits per heavy atom. The van der Waals surface area contributed by atoms with E-state index in [2.05, 4.69) is 4.90 Å². The normalized spacial score (nSPS) is 26.6. The Bertz CT molecular complexity index is 287. The van der Waals surface area contributed by atoms with E-state index in [0.29, 0.717) is 13.2 Å². The highest BCUT2D eigenvalue weighted by Crippen LogP contribution is 2.17. The Labute approximate surface area is 109 Å². The predicted molar refractivity (Wildman–Crippen MR) is 68.2 cm³/mol. The molecule has 2 fully saturated rings. The van der Waals surface area contributed by atoms with Gasteiger partial charge < -0.3 is 14.7 Å². The molecule has 0 unspecified atom stereocenters. The predicted octanol–water partition coefficient (Wildman–Crippen LogP) is -0.0620. The van der Waals surface area contributed by atoms with Crippen molar-refractivity contribution < 1.29 is 14.6 Å². The summed E-state index contributed by atoms with van der Waals surface area (Å²) in [5.41, 5.74) is -0.661. The highest BCUT2D eigenvalue weighted by atomic mass is 16.5. The zero-order valence-corrected chi connectivity index (χ0v) is 11.4. The number of carbonyl (C=O) groups is 1. The molecule has 2 saturated heterocycles. The summed E-state index contributed by atoms with van der Waals surface area (Å²) in [4.78, 5) is 16.3. The lowest BCUT2D eigenvalue weighted by atomic mass is 10.1. The van der Waals surface area contributed by atoms with E-state index in [1.807, 2.05) is 18.7 Å². The number of β-amino-alcohol motifs (C(OH)–C–C–N with tert-alkyl or cyclic N) is 1. The Morgan fingerprint density at radius 2 is 2.00 bits per heavy atom. The Balaban J connectivity index is 1.77. The molecule has 0 radical (unpaired) electrons. The van der Waals surface area contributed by atoms with Crippen LogP contribution >= 0.6 is 0 Å². The molecule has 104 valence electrons. The molecule has 1 N–H and O–H groups in total. The highest BCUT2D eigenvalue weighted by Gasteiger charge is 2.30. The lowest BCUT2D eigenvalue weighted by Gasteiger charge is -2.38. The van der Waals surface area contributed by atoms with Crippen molar-refractivity contribution in [3.05, 3.63) is 0 Å². The number of nitrogens with zero attached hydrogens (tertiary/aromatic N) is 2. The minimum absolute atomic E-state index is 0.0748. The largest absolute Gasteiger partial charge is 0.389 e. The van der Waals surface area contributed by atoms with Gasteiger partial charge in [0.2, 0.25) is 5.91 Å². The fourth-order valence-corrected chi connectivity index (χ4v) is 2.66. The van der Waals surface area contributed by atoms with E-state index in [4.69, 9.17) is 4.74 Å². The van der Waals surface area contributed by atoms with Gasteiger partial charge in [0.15, 0.2) is 0 Å². The SMILES string of the molecule is CC(C)(O)CN1CCN(C(=O)[C@H]2CCOC2)CC1. The van der Waals surface area contributed by atoms with Crippen LogP contribution in [0.2, 0.25) is 0 Å². The lowest BCUT2D eigenvalue weighted by molar-refractivity contribution is -0.137. The van der Waals surface area contributed by atoms with Crippen molar-refractivity contribution >= 4 is 5.91 Å². The van der Waals surface area contributed by atoms with Gasteiger partial charge in [0, 0.05) is 39.3 Å². The first kappa shape index (κ1) is 13.8. The molecule has 0 bridgehead atoms. The van der Waals surface area contributed by atoms with Crippen LogP contribution in [0.1, 0.15) is 20.3 Å². The Hall–Kier alpha value is -0.650. The third-order valence-electron chi connectivity index (χ3n) is 3.57. The van der Waals surface area contributed by atoms with E-state index in [-0.39, 0.29) is 11.8 Å². The number of piperazine rings is 1. The summed E-state index contributed by atoms with van der Waals surface area (Å²) in [5, 5.41) is 9.78. The molecule has 1 atom stereocenters. The van der Waals surface area contributed by atoms with E-state index < -0.39 is 5.60 Å². The first-order chi connectivity index (χ1) is 8.46. The molecule has 2 rings (SSSR count). The second-order valence-electron chi connectivity index (χ2n) is 5.97. The molecular weight excluding hydrogens is 232 g/mol. The molecule has 0 aromatic rings. The van der Waals surface area contributed by atoms with Crippen molar-refractivity contribution in [3.63, 3.8) is 0 Å². The second-order valence-corrected chi connectivity index (χ2v) is 5.97. The second kappa shape index (κ2) is 5.55. The first-order valence-electron chi connectivity index (χ1n) is 6.77. The van der Waals surface area contributed by atoms with Crippen molar-refractivity contribution in [2.75, 3.05) is 45.9 Å². The summed E-state index contributed by atoms with van der Waals surface area (Å²) in [6.07, 6.45) is 0.864. The van der Waals surface area contributed by atoms with Gasteiger partial charge in [-0.05, 0) is 20.3 Å². The molecule has 0 aromatic carbocycles. The van der Waals surface area contributed by atoms with Crippen molar-refractivity contribution in [1.29, 1.82) is 0 Å². The van der Waals surface area contributed by atoms with E-state index in [1.165, 1.54) is 0 Å². The van der Waals surface area contributed by atoms with Gasteiger partial charge >= 0.3 is 0 Å². The smallest absolute Gasteiger partial charge is 0.228 e. The summed E-state index contributed by atoms with van der Waals surface area (Å²) in [7, 11) is 0. The molecule has 0 aliphatic carbocycles. The number of carbonyl (C=O) groups excluding carboxylic acids is 1. The molecule has 0 aromatic heterocycles. The Kier molecular flexibility index (Phi) is 4.25. The number of amides is 1. The van der Waals surface area contributed by atoms with Crippen molar-refractivity contribution in [2.24, 2.45) is 5.92 Å². The van der Waals surface area contributed by atoms with E-state index >= 15 is 0 Å². The van der Waals surface area contributed by atoms with Crippen molar-refractivity contribution in [3.8, 4) is 0 Å². The molecule has 0 spiro atoms. The maximum Gasteiger partial charge on any atom is 0.228 e. The maximum absolute atomic E-state index is 12.2. The lowest BCUT2D eigenvalue weighted by Crippen LogP contribution is -2.53. The third kappa shape index (κ3) is 3.67. The van der Waals surface area contributed by atoms with Crippen LogP contribution in [0.15, 0.2) is 0 Å². The number of hydrogen-bond acceptors (Lipinski definition) is 4. The van der Waals surface area contributed by atoms with Crippen LogP contribution in [0.5, 0.6) is 0 Å². The first-order valence-corrected chi connectivity index (χ1v) is 6.77. The van der Waals surface area contributed by atoms with E-state index in [0.717, 1.165) is 39.2 Å². The van der Waals surface area contributed by atoms with Gasteiger partial charge in [-0.15, -0.1) is 0 Å². The van der Waals surface area contributed by atoms with Crippen LogP contribution in [0.3, 0.4) is 0 Å². The topological polar surface area (TPSA) is 53.0 Å². The monoisotopic (exact) mass is 256 g/mol. The van der Waals surface area contributed by atoms with Gasteiger partial charge in [-0.25, -0.2) is 0 Å². The molecule has 1 amide bonds. The molecule has 2 aliphatic rings. The van der Waals surface area contributed by atoms with Crippen molar-refractivity contribution in [2.45, 2.75) is 25.9 Å². The average molecular weight is 256 g/mol. The maximum atomic E-state index is 12.2. The fourth-order valence-electron chi connectivity index (χ4n) is 2.66. The summed E-state index contributed by atoms with van der Waals surface area (Å²) in [6.45, 7) is 8.85. The van der Waals surface area contributed by atoms with Gasteiger partial charge in [0.05, 0.1) is 18.1 Å². The number of ether oxygens (including phenoxy) is 1. The Morgan fingerprint density at radius 3 is 2.50 bits per heavy atom. The van der Waals surface area contributed by atoms with Crippen molar-refractivity contribution in [1.82, 2.24) is 9.80 Å². The molecular formula is C13H24N2O3. The molecule has 0 saturated carbocycles. The minimum atomic E-state index is -0.661. The molecule has 2 aliphatic heterocycles. The molecule has 18 heavy (non-hydrogen) atoms. The standard InChI is InChI=1S/C13H24N2O3/c1-13(2,17)10-14-4-6-15(7-5-14)12(16)11-3-8-18-9-11/h11,17H,3-10H2,1-2H3/t11-/m0/s1. The van der Waals surface area contributed by atoms with Crippen LogP contribution in [0.4, 0.5) is 0 Å². The summed E-state index contributed by atoms with van der Waals surface area (Å²) < 4.78 is 5.27. The van der Waals surface area contributed by atoms with E-state index in [9.17, 15) is 9.90 Å². The van der Waals surface area contributed by atoms with E-state index in [1.54, 1.807) is 0 Å². The zero-order chi connectivity index (χ0) is 13.2. The average Bonchev–Trinajstić information content (AvgIpc) is 2.80. The van der Waals surface area contributed by atoms with Crippen LogP contribution in [-0.2, 0) is 9.53 Å². The quantitative estimate of drug-likeness (QED) is 0.768. The number of hydrogen-bond donors (Lipinski definition) is 1. The van der Waals surface area contributed by atoms with Gasteiger partial charge in [-0.2, -0.15) is 0 Å². The number of rotatable bonds is 3. The van der Waals surface area contributed by atoms with Gasteiger partial charge in [0.1, 0.15) is 0 Å². The van der Waals surface area contributed by atoms with Gasteiger partial charge in [-0.1, -0.05) is 0 Å². The number of aliphatic hydroxyl groups is 1. The van der Waals surface area contributed by atoms with Crippen LogP contribution < -0.4 is 0 Å². The van der Waals surface area contributed by atoms with Crippen LogP contribution in [0.25, 0.3) is 0 Å². The summed E-state index contributed by atoms with van der Waals surface area (Å²) in [6, 6.07) is 0. The summed E-state index contributed by atoms with van der Waals surface area (Å²) >= 11 is 0. The highest BCUT2D eigenvalue weighted by molar-refractivity contribution is 5.79. The summed E-state index contributed by atoms with van der Waals surface area (Å²) in [5.74, 6) is 0.321. The zero-order valence-electron chi connectivity index (χ0n) is 11.4.